The number of sulfone groups is 1. The van der Waals surface area contributed by atoms with Gasteiger partial charge in [-0.2, -0.15) is 0 Å². The zero-order chi connectivity index (χ0) is 11.1. The maximum atomic E-state index is 11.5. The molecular formula is C10H14N2O2S. The van der Waals surface area contributed by atoms with Gasteiger partial charge in [-0.05, 0) is 12.1 Å². The molecule has 2 rings (SSSR count). The smallest absolute Gasteiger partial charge is 0.177 e. The van der Waals surface area contributed by atoms with E-state index < -0.39 is 9.84 Å². The number of nitrogens with zero attached hydrogens (tertiary/aromatic N) is 1. The second-order valence-corrected chi connectivity index (χ2v) is 5.89. The maximum Gasteiger partial charge on any atom is 0.177 e. The third kappa shape index (κ3) is 1.98. The van der Waals surface area contributed by atoms with Gasteiger partial charge in [-0.15, -0.1) is 0 Å². The first-order valence-corrected chi connectivity index (χ1v) is 6.67. The zero-order valence-corrected chi connectivity index (χ0v) is 9.37. The monoisotopic (exact) mass is 226 g/mol. The van der Waals surface area contributed by atoms with E-state index in [9.17, 15) is 8.42 Å². The average Bonchev–Trinajstić information content (AvgIpc) is 2.12. The van der Waals surface area contributed by atoms with Crippen LogP contribution in [-0.2, 0) is 9.84 Å². The minimum absolute atomic E-state index is 0.164. The Labute approximate surface area is 89.6 Å². The molecule has 0 spiro atoms. The van der Waals surface area contributed by atoms with Crippen molar-refractivity contribution in [1.29, 1.82) is 0 Å². The third-order valence-corrected chi connectivity index (χ3v) is 3.66. The Morgan fingerprint density at radius 2 is 1.93 bits per heavy atom. The van der Waals surface area contributed by atoms with Crippen molar-refractivity contribution in [2.45, 2.75) is 10.9 Å². The van der Waals surface area contributed by atoms with E-state index in [-0.39, 0.29) is 6.04 Å². The fourth-order valence-corrected chi connectivity index (χ4v) is 2.64. The highest BCUT2D eigenvalue weighted by atomic mass is 32.2. The van der Waals surface area contributed by atoms with Crippen LogP contribution in [0.1, 0.15) is 0 Å². The fraction of sp³-hybridized carbons (Fsp3) is 0.400. The number of para-hydroxylation sites is 1. The summed E-state index contributed by atoms with van der Waals surface area (Å²) in [5.41, 5.74) is 6.44. The second-order valence-electron chi connectivity index (χ2n) is 3.90. The van der Waals surface area contributed by atoms with Gasteiger partial charge in [0.15, 0.2) is 9.84 Å². The average molecular weight is 226 g/mol. The Hall–Kier alpha value is -1.07. The molecule has 1 fully saturated rings. The molecular weight excluding hydrogens is 212 g/mol. The number of hydrogen-bond donors (Lipinski definition) is 1. The molecule has 15 heavy (non-hydrogen) atoms. The van der Waals surface area contributed by atoms with Crippen molar-refractivity contribution >= 4 is 15.5 Å². The van der Waals surface area contributed by atoms with Crippen LogP contribution in [0.25, 0.3) is 0 Å². The minimum atomic E-state index is -3.15. The maximum absolute atomic E-state index is 11.5. The summed E-state index contributed by atoms with van der Waals surface area (Å²) in [6.07, 6.45) is 1.23. The summed E-state index contributed by atoms with van der Waals surface area (Å²) in [6, 6.07) is 7.20. The molecule has 1 saturated heterocycles. The number of benzene rings is 1. The van der Waals surface area contributed by atoms with Gasteiger partial charge in [0.1, 0.15) is 0 Å². The molecule has 0 unspecified atom stereocenters. The SMILES string of the molecule is CS(=O)(=O)c1ccccc1N1CC(N)C1. The normalized spacial score (nSPS) is 17.6. The molecule has 2 N–H and O–H groups in total. The third-order valence-electron chi connectivity index (χ3n) is 2.52. The molecule has 1 aromatic carbocycles. The van der Waals surface area contributed by atoms with E-state index in [4.69, 9.17) is 5.73 Å². The number of hydrogen-bond acceptors (Lipinski definition) is 4. The van der Waals surface area contributed by atoms with Gasteiger partial charge in [-0.25, -0.2) is 8.42 Å². The van der Waals surface area contributed by atoms with Crippen LogP contribution < -0.4 is 10.6 Å². The number of anilines is 1. The predicted octanol–water partition coefficient (Wildman–Crippen LogP) is 0.237. The summed E-state index contributed by atoms with van der Waals surface area (Å²) in [6.45, 7) is 1.46. The second kappa shape index (κ2) is 3.50. The molecule has 1 aromatic rings. The van der Waals surface area contributed by atoms with E-state index >= 15 is 0 Å². The summed E-state index contributed by atoms with van der Waals surface area (Å²) >= 11 is 0. The Morgan fingerprint density at radius 1 is 1.33 bits per heavy atom. The molecule has 0 bridgehead atoms. The van der Waals surface area contributed by atoms with Crippen LogP contribution in [0.2, 0.25) is 0 Å². The molecule has 0 aromatic heterocycles. The molecule has 82 valence electrons. The van der Waals surface area contributed by atoms with Gasteiger partial charge in [0.05, 0.1) is 10.6 Å². The van der Waals surface area contributed by atoms with Crippen molar-refractivity contribution in [3.05, 3.63) is 24.3 Å². The molecule has 1 aliphatic rings. The molecule has 0 radical (unpaired) electrons. The summed E-state index contributed by atoms with van der Waals surface area (Å²) in [5, 5.41) is 0. The Morgan fingerprint density at radius 3 is 2.47 bits per heavy atom. The van der Waals surface area contributed by atoms with Gasteiger partial charge in [-0.1, -0.05) is 12.1 Å². The summed E-state index contributed by atoms with van der Waals surface area (Å²) < 4.78 is 23.0. The lowest BCUT2D eigenvalue weighted by Gasteiger charge is -2.39. The first-order valence-electron chi connectivity index (χ1n) is 4.78. The zero-order valence-electron chi connectivity index (χ0n) is 8.55. The lowest BCUT2D eigenvalue weighted by Crippen LogP contribution is -2.56. The van der Waals surface area contributed by atoms with E-state index in [0.717, 1.165) is 18.8 Å². The highest BCUT2D eigenvalue weighted by molar-refractivity contribution is 7.90. The highest BCUT2D eigenvalue weighted by Gasteiger charge is 2.27. The van der Waals surface area contributed by atoms with Gasteiger partial charge in [0.25, 0.3) is 0 Å². The Kier molecular flexibility index (Phi) is 2.44. The topological polar surface area (TPSA) is 63.4 Å². The molecule has 5 heteroatoms. The van der Waals surface area contributed by atoms with Crippen molar-refractivity contribution in [2.24, 2.45) is 5.73 Å². The largest absolute Gasteiger partial charge is 0.367 e. The summed E-state index contributed by atoms with van der Waals surface area (Å²) in [4.78, 5) is 2.37. The number of rotatable bonds is 2. The quantitative estimate of drug-likeness (QED) is 0.784. The van der Waals surface area contributed by atoms with Crippen molar-refractivity contribution in [2.75, 3.05) is 24.2 Å². The van der Waals surface area contributed by atoms with Crippen molar-refractivity contribution < 1.29 is 8.42 Å². The Balaban J connectivity index is 2.39. The van der Waals surface area contributed by atoms with Crippen molar-refractivity contribution in [3.8, 4) is 0 Å². The highest BCUT2D eigenvalue weighted by Crippen LogP contribution is 2.27. The van der Waals surface area contributed by atoms with E-state index in [1.807, 2.05) is 17.0 Å². The van der Waals surface area contributed by atoms with E-state index in [0.29, 0.717) is 4.90 Å². The minimum Gasteiger partial charge on any atom is -0.367 e. The Bertz CT molecular complexity index is 464. The van der Waals surface area contributed by atoms with Gasteiger partial charge in [0.2, 0.25) is 0 Å². The molecule has 1 aliphatic heterocycles. The van der Waals surface area contributed by atoms with Crippen molar-refractivity contribution in [1.82, 2.24) is 0 Å². The van der Waals surface area contributed by atoms with E-state index in [1.54, 1.807) is 12.1 Å². The van der Waals surface area contributed by atoms with Crippen molar-refractivity contribution in [3.63, 3.8) is 0 Å². The van der Waals surface area contributed by atoms with Crippen LogP contribution >= 0.6 is 0 Å². The van der Waals surface area contributed by atoms with Crippen LogP contribution in [0.3, 0.4) is 0 Å². The molecule has 0 aliphatic carbocycles. The van der Waals surface area contributed by atoms with Crippen LogP contribution in [-0.4, -0.2) is 33.8 Å². The van der Waals surface area contributed by atoms with Gasteiger partial charge in [-0.3, -0.25) is 0 Å². The molecule has 0 atom stereocenters. The van der Waals surface area contributed by atoms with Crippen LogP contribution in [0.15, 0.2) is 29.2 Å². The summed E-state index contributed by atoms with van der Waals surface area (Å²) in [7, 11) is -3.15. The predicted molar refractivity (Wildman–Crippen MR) is 59.7 cm³/mol. The standard InChI is InChI=1S/C10H14N2O2S/c1-15(13,14)10-5-3-2-4-9(10)12-6-8(11)7-12/h2-5,8H,6-7,11H2,1H3. The van der Waals surface area contributed by atoms with E-state index in [2.05, 4.69) is 0 Å². The van der Waals surface area contributed by atoms with Crippen LogP contribution in [0.4, 0.5) is 5.69 Å². The van der Waals surface area contributed by atoms with Crippen LogP contribution in [0.5, 0.6) is 0 Å². The number of nitrogens with two attached hydrogens (primary N) is 1. The van der Waals surface area contributed by atoms with Crippen LogP contribution in [0, 0.1) is 0 Å². The molecule has 0 amide bonds. The summed E-state index contributed by atoms with van der Waals surface area (Å²) in [5.74, 6) is 0. The lowest BCUT2D eigenvalue weighted by atomic mass is 10.1. The van der Waals surface area contributed by atoms with Gasteiger partial charge >= 0.3 is 0 Å². The first-order chi connectivity index (χ1) is 6.98. The molecule has 4 nitrogen and oxygen atoms in total. The first kappa shape index (κ1) is 10.4. The fourth-order valence-electron chi connectivity index (χ4n) is 1.74. The van der Waals surface area contributed by atoms with Gasteiger partial charge < -0.3 is 10.6 Å². The van der Waals surface area contributed by atoms with Gasteiger partial charge in [0, 0.05) is 25.4 Å². The molecule has 0 saturated carbocycles. The molecule has 1 heterocycles. The van der Waals surface area contributed by atoms with E-state index in [1.165, 1.54) is 6.26 Å². The lowest BCUT2D eigenvalue weighted by molar-refractivity contribution is 0.515.